The number of halogens is 4. The maximum absolute atomic E-state index is 11.9. The Bertz CT molecular complexity index is 390. The van der Waals surface area contributed by atoms with E-state index in [-0.39, 0.29) is 6.54 Å². The van der Waals surface area contributed by atoms with Crippen LogP contribution in [0.2, 0.25) is 0 Å². The van der Waals surface area contributed by atoms with Gasteiger partial charge in [0, 0.05) is 11.3 Å². The Hall–Kier alpha value is -0.750. The van der Waals surface area contributed by atoms with Crippen molar-refractivity contribution in [3.63, 3.8) is 0 Å². The Morgan fingerprint density at radius 2 is 1.94 bits per heavy atom. The lowest BCUT2D eigenvalue weighted by Crippen LogP contribution is -2.18. The SMILES string of the molecule is CCc1nn(CCOC(F)(F)F)c(CC)c1CCl. The van der Waals surface area contributed by atoms with Gasteiger partial charge in [-0.3, -0.25) is 9.42 Å². The van der Waals surface area contributed by atoms with Crippen LogP contribution in [0, 0.1) is 0 Å². The fraction of sp³-hybridized carbons (Fsp3) is 0.727. The number of rotatable bonds is 6. The van der Waals surface area contributed by atoms with Gasteiger partial charge in [-0.25, -0.2) is 0 Å². The van der Waals surface area contributed by atoms with Gasteiger partial charge in [-0.2, -0.15) is 5.10 Å². The molecule has 0 spiro atoms. The summed E-state index contributed by atoms with van der Waals surface area (Å²) >= 11 is 5.85. The van der Waals surface area contributed by atoms with Crippen LogP contribution < -0.4 is 0 Å². The van der Waals surface area contributed by atoms with E-state index < -0.39 is 13.0 Å². The van der Waals surface area contributed by atoms with Crippen LogP contribution in [0.4, 0.5) is 13.2 Å². The molecule has 1 rings (SSSR count). The number of alkyl halides is 4. The summed E-state index contributed by atoms with van der Waals surface area (Å²) in [6, 6.07) is 0. The van der Waals surface area contributed by atoms with Gasteiger partial charge in [0.25, 0.3) is 0 Å². The summed E-state index contributed by atoms with van der Waals surface area (Å²) in [5, 5.41) is 4.27. The number of hydrogen-bond acceptors (Lipinski definition) is 2. The molecule has 3 nitrogen and oxygen atoms in total. The highest BCUT2D eigenvalue weighted by Crippen LogP contribution is 2.20. The van der Waals surface area contributed by atoms with Crippen molar-refractivity contribution in [1.29, 1.82) is 0 Å². The topological polar surface area (TPSA) is 27.1 Å². The first-order valence-electron chi connectivity index (χ1n) is 5.77. The standard InChI is InChI=1S/C11H16ClF3N2O/c1-3-9-8(7-12)10(4-2)17(16-9)5-6-18-11(13,14)15/h3-7H2,1-2H3. The molecule has 0 aliphatic heterocycles. The van der Waals surface area contributed by atoms with E-state index in [0.717, 1.165) is 17.0 Å². The molecule has 0 fully saturated rings. The highest BCUT2D eigenvalue weighted by molar-refractivity contribution is 6.17. The predicted octanol–water partition coefficient (Wildman–Crippen LogP) is 3.28. The second-order valence-electron chi connectivity index (χ2n) is 3.73. The van der Waals surface area contributed by atoms with Crippen LogP contribution in [0.15, 0.2) is 0 Å². The maximum atomic E-state index is 11.9. The molecular formula is C11H16ClF3N2O. The van der Waals surface area contributed by atoms with Gasteiger partial charge in [-0.1, -0.05) is 13.8 Å². The van der Waals surface area contributed by atoms with Crippen LogP contribution >= 0.6 is 11.6 Å². The van der Waals surface area contributed by atoms with Crippen molar-refractivity contribution >= 4 is 11.6 Å². The highest BCUT2D eigenvalue weighted by atomic mass is 35.5. The third-order valence-corrected chi connectivity index (χ3v) is 2.89. The molecule has 0 saturated heterocycles. The maximum Gasteiger partial charge on any atom is 0.522 e. The molecule has 1 heterocycles. The molecule has 0 amide bonds. The van der Waals surface area contributed by atoms with Crippen LogP contribution in [0.3, 0.4) is 0 Å². The summed E-state index contributed by atoms with van der Waals surface area (Å²) in [6.07, 6.45) is -3.20. The summed E-state index contributed by atoms with van der Waals surface area (Å²) in [5.41, 5.74) is 2.65. The summed E-state index contributed by atoms with van der Waals surface area (Å²) < 4.78 is 41.0. The van der Waals surface area contributed by atoms with E-state index in [4.69, 9.17) is 11.6 Å². The quantitative estimate of drug-likeness (QED) is 0.750. The zero-order chi connectivity index (χ0) is 13.8. The molecule has 1 aromatic heterocycles. The van der Waals surface area contributed by atoms with Gasteiger partial charge in [0.05, 0.1) is 24.7 Å². The average Bonchev–Trinajstić information content (AvgIpc) is 2.64. The van der Waals surface area contributed by atoms with Crippen molar-refractivity contribution in [3.05, 3.63) is 17.0 Å². The fourth-order valence-corrected chi connectivity index (χ4v) is 2.16. The minimum absolute atomic E-state index is 0.0760. The summed E-state index contributed by atoms with van der Waals surface area (Å²) in [4.78, 5) is 0. The Morgan fingerprint density at radius 3 is 2.39 bits per heavy atom. The van der Waals surface area contributed by atoms with Gasteiger partial charge < -0.3 is 0 Å². The molecule has 0 saturated carbocycles. The van der Waals surface area contributed by atoms with Crippen molar-refractivity contribution in [2.75, 3.05) is 6.61 Å². The Morgan fingerprint density at radius 1 is 1.28 bits per heavy atom. The van der Waals surface area contributed by atoms with Crippen LogP contribution in [0.25, 0.3) is 0 Å². The van der Waals surface area contributed by atoms with E-state index in [1.165, 1.54) is 0 Å². The number of aryl methyl sites for hydroxylation is 1. The van der Waals surface area contributed by atoms with Crippen molar-refractivity contribution in [2.45, 2.75) is 45.5 Å². The second kappa shape index (κ2) is 6.43. The van der Waals surface area contributed by atoms with Crippen molar-refractivity contribution in [2.24, 2.45) is 0 Å². The minimum atomic E-state index is -4.59. The molecule has 7 heteroatoms. The molecule has 0 atom stereocenters. The van der Waals surface area contributed by atoms with Crippen LogP contribution in [0.5, 0.6) is 0 Å². The second-order valence-corrected chi connectivity index (χ2v) is 4.00. The molecule has 104 valence electrons. The van der Waals surface area contributed by atoms with Gasteiger partial charge in [0.15, 0.2) is 0 Å². The number of aromatic nitrogens is 2. The van der Waals surface area contributed by atoms with Gasteiger partial charge >= 0.3 is 6.36 Å². The van der Waals surface area contributed by atoms with Gasteiger partial charge in [0.2, 0.25) is 0 Å². The van der Waals surface area contributed by atoms with Crippen LogP contribution in [-0.2, 0) is 30.0 Å². The normalized spacial score (nSPS) is 12.1. The smallest absolute Gasteiger partial charge is 0.290 e. The fourth-order valence-electron chi connectivity index (χ4n) is 1.86. The van der Waals surface area contributed by atoms with E-state index in [9.17, 15) is 13.2 Å². The molecular weight excluding hydrogens is 269 g/mol. The van der Waals surface area contributed by atoms with Gasteiger partial charge in [-0.15, -0.1) is 24.8 Å². The van der Waals surface area contributed by atoms with E-state index in [2.05, 4.69) is 9.84 Å². The third kappa shape index (κ3) is 3.88. The largest absolute Gasteiger partial charge is 0.522 e. The molecule has 0 aliphatic carbocycles. The first kappa shape index (κ1) is 15.3. The molecule has 0 aliphatic rings. The minimum Gasteiger partial charge on any atom is -0.290 e. The first-order chi connectivity index (χ1) is 8.42. The van der Waals surface area contributed by atoms with E-state index in [1.807, 2.05) is 13.8 Å². The zero-order valence-electron chi connectivity index (χ0n) is 10.4. The lowest BCUT2D eigenvalue weighted by molar-refractivity contribution is -0.325. The Kier molecular flexibility index (Phi) is 5.47. The molecule has 0 aromatic carbocycles. The summed E-state index contributed by atoms with van der Waals surface area (Å²) in [5.74, 6) is 0.326. The van der Waals surface area contributed by atoms with E-state index >= 15 is 0 Å². The van der Waals surface area contributed by atoms with Crippen LogP contribution in [-0.4, -0.2) is 22.7 Å². The molecule has 0 unspecified atom stereocenters. The first-order valence-corrected chi connectivity index (χ1v) is 6.30. The molecule has 0 bridgehead atoms. The monoisotopic (exact) mass is 284 g/mol. The van der Waals surface area contributed by atoms with Crippen LogP contribution in [0.1, 0.15) is 30.8 Å². The lowest BCUT2D eigenvalue weighted by Gasteiger charge is -2.09. The number of hydrogen-bond donors (Lipinski definition) is 0. The van der Waals surface area contributed by atoms with Crippen molar-refractivity contribution in [1.82, 2.24) is 9.78 Å². The van der Waals surface area contributed by atoms with Crippen molar-refractivity contribution in [3.8, 4) is 0 Å². The molecule has 0 radical (unpaired) electrons. The lowest BCUT2D eigenvalue weighted by atomic mass is 10.1. The molecule has 18 heavy (non-hydrogen) atoms. The molecule has 0 N–H and O–H groups in total. The number of nitrogens with zero attached hydrogens (tertiary/aromatic N) is 2. The predicted molar refractivity (Wildman–Crippen MR) is 62.5 cm³/mol. The molecule has 1 aromatic rings. The zero-order valence-corrected chi connectivity index (χ0v) is 11.1. The summed E-state index contributed by atoms with van der Waals surface area (Å²) in [6.45, 7) is 3.50. The Labute approximate surface area is 109 Å². The van der Waals surface area contributed by atoms with E-state index in [1.54, 1.807) is 4.68 Å². The number of ether oxygens (including phenoxy) is 1. The van der Waals surface area contributed by atoms with E-state index in [0.29, 0.717) is 18.7 Å². The third-order valence-electron chi connectivity index (χ3n) is 2.62. The highest BCUT2D eigenvalue weighted by Gasteiger charge is 2.28. The summed E-state index contributed by atoms with van der Waals surface area (Å²) in [7, 11) is 0. The average molecular weight is 285 g/mol. The Balaban J connectivity index is 2.79. The van der Waals surface area contributed by atoms with Gasteiger partial charge in [-0.05, 0) is 12.8 Å². The van der Waals surface area contributed by atoms with Gasteiger partial charge in [0.1, 0.15) is 0 Å². The van der Waals surface area contributed by atoms with Crippen molar-refractivity contribution < 1.29 is 17.9 Å².